The number of aromatic nitrogens is 2. The van der Waals surface area contributed by atoms with Crippen molar-refractivity contribution in [3.05, 3.63) is 45.3 Å². The predicted octanol–water partition coefficient (Wildman–Crippen LogP) is 3.26. The number of thiophene rings is 1. The summed E-state index contributed by atoms with van der Waals surface area (Å²) in [6, 6.07) is 5.91. The lowest BCUT2D eigenvalue weighted by Gasteiger charge is -2.11. The van der Waals surface area contributed by atoms with E-state index in [0.717, 1.165) is 22.4 Å². The fourth-order valence-corrected chi connectivity index (χ4v) is 3.88. The lowest BCUT2D eigenvalue weighted by atomic mass is 10.0. The van der Waals surface area contributed by atoms with E-state index in [9.17, 15) is 4.79 Å². The molecule has 2 aromatic heterocycles. The highest BCUT2D eigenvalue weighted by Gasteiger charge is 2.18. The number of hydrogen-bond donors (Lipinski definition) is 0. The summed E-state index contributed by atoms with van der Waals surface area (Å²) in [6.45, 7) is 2.67. The van der Waals surface area contributed by atoms with E-state index in [1.165, 1.54) is 11.3 Å². The minimum Gasteiger partial charge on any atom is -0.496 e. The van der Waals surface area contributed by atoms with E-state index >= 15 is 0 Å². The molecule has 1 aromatic carbocycles. The highest BCUT2D eigenvalue weighted by molar-refractivity contribution is 7.17. The summed E-state index contributed by atoms with van der Waals surface area (Å²) in [5, 5.41) is 2.53. The molecule has 2 heterocycles. The zero-order valence-corrected chi connectivity index (χ0v) is 15.9. The van der Waals surface area contributed by atoms with Crippen molar-refractivity contribution in [2.24, 2.45) is 0 Å². The van der Waals surface area contributed by atoms with Crippen molar-refractivity contribution in [3.8, 4) is 29.2 Å². The predicted molar refractivity (Wildman–Crippen MR) is 105 cm³/mol. The van der Waals surface area contributed by atoms with Gasteiger partial charge in [-0.15, -0.1) is 17.8 Å². The van der Waals surface area contributed by atoms with E-state index in [2.05, 4.69) is 10.9 Å². The van der Waals surface area contributed by atoms with Crippen LogP contribution in [0, 0.1) is 19.3 Å². The van der Waals surface area contributed by atoms with E-state index in [1.807, 2.05) is 30.5 Å². The van der Waals surface area contributed by atoms with E-state index in [0.29, 0.717) is 29.1 Å². The van der Waals surface area contributed by atoms with Crippen molar-refractivity contribution in [3.63, 3.8) is 0 Å². The molecule has 0 aliphatic carbocycles. The van der Waals surface area contributed by atoms with E-state index in [1.54, 1.807) is 18.8 Å². The molecule has 0 saturated heterocycles. The first-order valence-corrected chi connectivity index (χ1v) is 9.07. The first-order chi connectivity index (χ1) is 12.6. The van der Waals surface area contributed by atoms with Crippen LogP contribution in [0.2, 0.25) is 0 Å². The van der Waals surface area contributed by atoms with Crippen molar-refractivity contribution < 1.29 is 9.47 Å². The van der Waals surface area contributed by atoms with Crippen LogP contribution in [0.4, 0.5) is 0 Å². The third kappa shape index (κ3) is 3.24. The maximum Gasteiger partial charge on any atom is 0.263 e. The summed E-state index contributed by atoms with van der Waals surface area (Å²) < 4.78 is 12.2. The minimum absolute atomic E-state index is 0.126. The first-order valence-electron chi connectivity index (χ1n) is 8.19. The van der Waals surface area contributed by atoms with Crippen LogP contribution in [0.3, 0.4) is 0 Å². The van der Waals surface area contributed by atoms with E-state index in [4.69, 9.17) is 15.9 Å². The molecule has 0 fully saturated rings. The molecule has 0 N–H and O–H groups in total. The number of methoxy groups -OCH3 is 2. The average molecular weight is 368 g/mol. The fraction of sp³-hybridized carbons (Fsp3) is 0.300. The molecule has 0 spiro atoms. The van der Waals surface area contributed by atoms with Crippen molar-refractivity contribution in [1.29, 1.82) is 0 Å². The van der Waals surface area contributed by atoms with Crippen LogP contribution in [0.25, 0.3) is 21.3 Å². The molecule has 0 radical (unpaired) electrons. The van der Waals surface area contributed by atoms with Gasteiger partial charge >= 0.3 is 0 Å². The van der Waals surface area contributed by atoms with Crippen LogP contribution in [0.15, 0.2) is 28.4 Å². The number of benzene rings is 1. The Kier molecular flexibility index (Phi) is 5.40. The number of rotatable bonds is 6. The highest BCUT2D eigenvalue weighted by Crippen LogP contribution is 2.37. The van der Waals surface area contributed by atoms with Gasteiger partial charge in [-0.05, 0) is 19.1 Å². The molecule has 0 aliphatic heterocycles. The molecule has 0 bridgehead atoms. The molecule has 0 saturated carbocycles. The van der Waals surface area contributed by atoms with Gasteiger partial charge in [-0.3, -0.25) is 9.36 Å². The van der Waals surface area contributed by atoms with Crippen LogP contribution in [0.5, 0.6) is 5.75 Å². The number of aryl methyl sites for hydroxylation is 1. The Morgan fingerprint density at radius 1 is 1.31 bits per heavy atom. The summed E-state index contributed by atoms with van der Waals surface area (Å²) >= 11 is 1.45. The van der Waals surface area contributed by atoms with Gasteiger partial charge in [0.1, 0.15) is 16.4 Å². The average Bonchev–Trinajstić information content (AvgIpc) is 3.06. The van der Waals surface area contributed by atoms with Gasteiger partial charge < -0.3 is 9.47 Å². The number of terminal acetylenes is 1. The smallest absolute Gasteiger partial charge is 0.263 e. The summed E-state index contributed by atoms with van der Waals surface area (Å²) in [7, 11) is 3.25. The lowest BCUT2D eigenvalue weighted by molar-refractivity contribution is 0.199. The second-order valence-electron chi connectivity index (χ2n) is 5.90. The molecule has 0 atom stereocenters. The summed E-state index contributed by atoms with van der Waals surface area (Å²) in [5.41, 5.74) is 2.68. The Morgan fingerprint density at radius 2 is 2.12 bits per heavy atom. The van der Waals surface area contributed by atoms with Crippen molar-refractivity contribution >= 4 is 21.6 Å². The van der Waals surface area contributed by atoms with Gasteiger partial charge in [-0.25, -0.2) is 4.98 Å². The third-order valence-corrected chi connectivity index (χ3v) is 5.07. The van der Waals surface area contributed by atoms with Gasteiger partial charge in [0.05, 0.1) is 25.6 Å². The van der Waals surface area contributed by atoms with Crippen LogP contribution < -0.4 is 10.3 Å². The molecule has 0 unspecified atom stereocenters. The molecule has 5 nitrogen and oxygen atoms in total. The molecular weight excluding hydrogens is 348 g/mol. The van der Waals surface area contributed by atoms with Crippen LogP contribution in [-0.2, 0) is 17.7 Å². The summed E-state index contributed by atoms with van der Waals surface area (Å²) in [4.78, 5) is 18.6. The number of fused-ring (bicyclic) bond motifs is 1. The third-order valence-electron chi connectivity index (χ3n) is 4.20. The molecule has 0 amide bonds. The normalized spacial score (nSPS) is 10.8. The fourth-order valence-electron chi connectivity index (χ4n) is 2.94. The van der Waals surface area contributed by atoms with Crippen LogP contribution in [0.1, 0.15) is 11.4 Å². The molecule has 6 heteroatoms. The Morgan fingerprint density at radius 3 is 2.81 bits per heavy atom. The molecule has 26 heavy (non-hydrogen) atoms. The van der Waals surface area contributed by atoms with Gasteiger partial charge in [0.25, 0.3) is 5.56 Å². The maximum atomic E-state index is 13.2. The number of nitrogens with zero attached hydrogens (tertiary/aromatic N) is 2. The molecule has 3 rings (SSSR count). The first kappa shape index (κ1) is 18.2. The topological polar surface area (TPSA) is 53.4 Å². The van der Waals surface area contributed by atoms with E-state index in [-0.39, 0.29) is 12.1 Å². The summed E-state index contributed by atoms with van der Waals surface area (Å²) in [5.74, 6) is 3.92. The van der Waals surface area contributed by atoms with Crippen molar-refractivity contribution in [2.45, 2.75) is 19.9 Å². The minimum atomic E-state index is -0.126. The lowest BCUT2D eigenvalue weighted by Crippen LogP contribution is -2.25. The monoisotopic (exact) mass is 368 g/mol. The number of ether oxygens (including phenoxy) is 2. The Hall–Kier alpha value is -2.62. The largest absolute Gasteiger partial charge is 0.496 e. The van der Waals surface area contributed by atoms with Gasteiger partial charge in [0, 0.05) is 30.0 Å². The van der Waals surface area contributed by atoms with Crippen molar-refractivity contribution in [2.75, 3.05) is 20.8 Å². The molecule has 0 aliphatic rings. The second kappa shape index (κ2) is 7.73. The molecular formula is C20H20N2O3S. The Balaban J connectivity index is 2.28. The van der Waals surface area contributed by atoms with Crippen LogP contribution in [-0.4, -0.2) is 30.4 Å². The van der Waals surface area contributed by atoms with Gasteiger partial charge in [-0.2, -0.15) is 0 Å². The SMILES string of the molecule is C#CCn1c(CCOC)nc2scc(-c3cc(C)ccc3OC)c2c1=O. The van der Waals surface area contributed by atoms with Crippen molar-refractivity contribution in [1.82, 2.24) is 9.55 Å². The van der Waals surface area contributed by atoms with Gasteiger partial charge in [0.2, 0.25) is 0 Å². The van der Waals surface area contributed by atoms with Gasteiger partial charge in [0.15, 0.2) is 0 Å². The highest BCUT2D eigenvalue weighted by atomic mass is 32.1. The Labute approximate surface area is 156 Å². The Bertz CT molecular complexity index is 1040. The molecule has 3 aromatic rings. The summed E-state index contributed by atoms with van der Waals surface area (Å²) in [6.07, 6.45) is 6.01. The van der Waals surface area contributed by atoms with E-state index < -0.39 is 0 Å². The number of hydrogen-bond acceptors (Lipinski definition) is 5. The zero-order chi connectivity index (χ0) is 18.7. The second-order valence-corrected chi connectivity index (χ2v) is 6.76. The quantitative estimate of drug-likeness (QED) is 0.627. The van der Waals surface area contributed by atoms with Crippen LogP contribution >= 0.6 is 11.3 Å². The zero-order valence-electron chi connectivity index (χ0n) is 15.0. The molecule has 134 valence electrons. The standard InChI is InChI=1S/C20H20N2O3S/c1-5-9-22-17(8-10-24-3)21-19-18(20(22)23)15(12-26-19)14-11-13(2)6-7-16(14)25-4/h1,6-7,11-12H,8-10H2,2-4H3. The maximum absolute atomic E-state index is 13.2. The van der Waals surface area contributed by atoms with Gasteiger partial charge in [-0.1, -0.05) is 17.6 Å².